The molecule has 0 fully saturated rings. The molecule has 0 bridgehead atoms. The molecular weight excluding hydrogens is 504 g/mol. The second-order valence-electron chi connectivity index (χ2n) is 5.24. The summed E-state index contributed by atoms with van der Waals surface area (Å²) in [6.45, 7) is -1.09. The van der Waals surface area contributed by atoms with Gasteiger partial charge in [0.2, 0.25) is 0 Å². The van der Waals surface area contributed by atoms with Crippen molar-refractivity contribution < 1.29 is 33.0 Å². The highest BCUT2D eigenvalue weighted by Crippen LogP contribution is 2.32. The van der Waals surface area contributed by atoms with Crippen LogP contribution in [0.4, 0.5) is 24.5 Å². The molecule has 1 unspecified atom stereocenters. The van der Waals surface area contributed by atoms with Gasteiger partial charge in [0, 0.05) is 3.57 Å². The van der Waals surface area contributed by atoms with Gasteiger partial charge in [-0.15, -0.1) is 0 Å². The summed E-state index contributed by atoms with van der Waals surface area (Å²) < 4.78 is 42.3. The monoisotopic (exact) mass is 516 g/mol. The normalized spacial score (nSPS) is 12.0. The van der Waals surface area contributed by atoms with E-state index in [4.69, 9.17) is 21.8 Å². The lowest BCUT2D eigenvalue weighted by Gasteiger charge is -2.15. The fourth-order valence-electron chi connectivity index (χ4n) is 1.93. The molecule has 0 radical (unpaired) electrons. The molecule has 0 spiro atoms. The minimum atomic E-state index is -1.77. The molecule has 0 saturated heterocycles. The fraction of sp³-hybridized carbons (Fsp3) is 0.188. The molecule has 0 aliphatic heterocycles. The summed E-state index contributed by atoms with van der Waals surface area (Å²) in [5.41, 5.74) is 0.758. The zero-order valence-electron chi connectivity index (χ0n) is 13.4. The van der Waals surface area contributed by atoms with E-state index in [-0.39, 0.29) is 10.7 Å². The average Bonchev–Trinajstić information content (AvgIpc) is 2.63. The third-order valence-corrected chi connectivity index (χ3v) is 4.23. The van der Waals surface area contributed by atoms with Crippen LogP contribution in [0.3, 0.4) is 0 Å². The molecule has 2 aromatic rings. The number of hydrogen-bond donors (Lipinski definition) is 4. The second kappa shape index (κ2) is 9.55. The Morgan fingerprint density at radius 1 is 1.26 bits per heavy atom. The third kappa shape index (κ3) is 5.45. The van der Waals surface area contributed by atoms with Crippen molar-refractivity contribution in [2.24, 2.45) is 0 Å². The van der Waals surface area contributed by atoms with Gasteiger partial charge in [0.1, 0.15) is 12.7 Å². The molecule has 4 N–H and O–H groups in total. The Morgan fingerprint density at radius 2 is 1.96 bits per heavy atom. The van der Waals surface area contributed by atoms with Crippen molar-refractivity contribution in [2.75, 3.05) is 18.5 Å². The highest BCUT2D eigenvalue weighted by atomic mass is 127. The first kappa shape index (κ1) is 21.7. The molecule has 0 heterocycles. The first-order valence-corrected chi connectivity index (χ1v) is 8.80. The van der Waals surface area contributed by atoms with E-state index in [2.05, 4.69) is 10.2 Å². The number of aliphatic hydroxyl groups excluding tert-OH is 2. The highest BCUT2D eigenvalue weighted by Gasteiger charge is 2.24. The molecular formula is C16H13ClF3IN2O4. The summed E-state index contributed by atoms with van der Waals surface area (Å²) in [5.74, 6) is -6.08. The number of carbonyl (C=O) groups is 1. The van der Waals surface area contributed by atoms with Gasteiger partial charge in [-0.2, -0.15) is 0 Å². The quantitative estimate of drug-likeness (QED) is 0.258. The van der Waals surface area contributed by atoms with Crippen molar-refractivity contribution in [1.82, 2.24) is 5.48 Å². The van der Waals surface area contributed by atoms with E-state index in [0.29, 0.717) is 6.07 Å². The predicted octanol–water partition coefficient (Wildman–Crippen LogP) is 3.12. The number of rotatable bonds is 7. The number of nitrogens with one attached hydrogen (secondary N) is 2. The first-order chi connectivity index (χ1) is 12.7. The van der Waals surface area contributed by atoms with Gasteiger partial charge in [0.05, 0.1) is 28.6 Å². The van der Waals surface area contributed by atoms with Gasteiger partial charge in [-0.25, -0.2) is 18.7 Å². The topological polar surface area (TPSA) is 90.8 Å². The zero-order valence-corrected chi connectivity index (χ0v) is 16.3. The lowest BCUT2D eigenvalue weighted by molar-refractivity contribution is -0.0295. The Hall–Kier alpha value is -1.60. The third-order valence-electron chi connectivity index (χ3n) is 3.25. The van der Waals surface area contributed by atoms with Gasteiger partial charge in [-0.3, -0.25) is 9.63 Å². The van der Waals surface area contributed by atoms with E-state index < -0.39 is 53.9 Å². The van der Waals surface area contributed by atoms with Crippen molar-refractivity contribution in [3.05, 3.63) is 55.9 Å². The van der Waals surface area contributed by atoms with Crippen LogP contribution in [0.25, 0.3) is 0 Å². The Morgan fingerprint density at radius 3 is 2.59 bits per heavy atom. The number of hydroxylamine groups is 1. The summed E-state index contributed by atoms with van der Waals surface area (Å²) in [6.07, 6.45) is -1.27. The number of amides is 1. The number of hydrogen-bond acceptors (Lipinski definition) is 5. The minimum Gasteiger partial charge on any atom is -0.394 e. The molecule has 2 aromatic carbocycles. The van der Waals surface area contributed by atoms with Gasteiger partial charge in [0.25, 0.3) is 5.91 Å². The van der Waals surface area contributed by atoms with Crippen LogP contribution in [0.5, 0.6) is 0 Å². The number of aliphatic hydroxyl groups is 2. The maximum atomic E-state index is 14.3. The number of benzene rings is 2. The van der Waals surface area contributed by atoms with Crippen LogP contribution in [0.2, 0.25) is 5.02 Å². The van der Waals surface area contributed by atoms with E-state index in [9.17, 15) is 18.0 Å². The molecule has 27 heavy (non-hydrogen) atoms. The van der Waals surface area contributed by atoms with Gasteiger partial charge >= 0.3 is 0 Å². The first-order valence-electron chi connectivity index (χ1n) is 7.35. The van der Waals surface area contributed by atoms with Crippen molar-refractivity contribution in [2.45, 2.75) is 6.10 Å². The maximum Gasteiger partial charge on any atom is 0.277 e. The second-order valence-corrected chi connectivity index (χ2v) is 6.89. The largest absolute Gasteiger partial charge is 0.394 e. The predicted molar refractivity (Wildman–Crippen MR) is 100 cm³/mol. The number of halogens is 5. The average molecular weight is 517 g/mol. The van der Waals surface area contributed by atoms with Gasteiger partial charge < -0.3 is 15.5 Å². The lowest BCUT2D eigenvalue weighted by Crippen LogP contribution is -2.30. The van der Waals surface area contributed by atoms with E-state index in [1.165, 1.54) is 6.07 Å². The van der Waals surface area contributed by atoms with Crippen LogP contribution in [0.1, 0.15) is 10.4 Å². The van der Waals surface area contributed by atoms with Crippen LogP contribution in [-0.4, -0.2) is 35.4 Å². The minimum absolute atomic E-state index is 0.160. The molecule has 146 valence electrons. The van der Waals surface area contributed by atoms with E-state index >= 15 is 0 Å². The number of carbonyl (C=O) groups excluding carboxylic acids is 1. The van der Waals surface area contributed by atoms with Crippen molar-refractivity contribution >= 4 is 51.5 Å². The molecule has 0 aliphatic carbocycles. The Kier molecular flexibility index (Phi) is 7.68. The van der Waals surface area contributed by atoms with Crippen LogP contribution in [-0.2, 0) is 4.84 Å². The molecule has 1 atom stereocenters. The Bertz CT molecular complexity index is 857. The van der Waals surface area contributed by atoms with Crippen molar-refractivity contribution in [3.8, 4) is 0 Å². The van der Waals surface area contributed by atoms with Crippen LogP contribution in [0, 0.1) is 21.0 Å². The van der Waals surface area contributed by atoms with Crippen LogP contribution >= 0.6 is 34.2 Å². The molecule has 0 aliphatic rings. The van der Waals surface area contributed by atoms with Crippen LogP contribution in [0.15, 0.2) is 24.3 Å². The van der Waals surface area contributed by atoms with E-state index in [0.717, 1.165) is 3.57 Å². The standard InChI is InChI=1S/C16H13ClF3IN2O4/c17-10-3-7(21)1-2-12(10)22-15-9(4-11(18)13(19)14(15)20)16(26)23-27-6-8(25)5-24/h1-4,8,22,24-25H,5-6H2,(H,23,26). The van der Waals surface area contributed by atoms with Gasteiger partial charge in [-0.05, 0) is 46.9 Å². The SMILES string of the molecule is O=C(NOCC(O)CO)c1cc(F)c(F)c(F)c1Nc1ccc(I)cc1Cl. The zero-order chi connectivity index (χ0) is 20.1. The summed E-state index contributed by atoms with van der Waals surface area (Å²) in [7, 11) is 0. The Balaban J connectivity index is 2.34. The molecule has 6 nitrogen and oxygen atoms in total. The van der Waals surface area contributed by atoms with Gasteiger partial charge in [-0.1, -0.05) is 11.6 Å². The van der Waals surface area contributed by atoms with Gasteiger partial charge in [0.15, 0.2) is 17.5 Å². The van der Waals surface area contributed by atoms with Crippen molar-refractivity contribution in [1.29, 1.82) is 0 Å². The fourth-order valence-corrected chi connectivity index (χ4v) is 2.84. The maximum absolute atomic E-state index is 14.3. The Labute approximate surface area is 170 Å². The molecule has 2 rings (SSSR count). The summed E-state index contributed by atoms with van der Waals surface area (Å²) in [6, 6.07) is 5.14. The van der Waals surface area contributed by atoms with E-state index in [1.54, 1.807) is 12.1 Å². The number of anilines is 2. The highest BCUT2D eigenvalue weighted by molar-refractivity contribution is 14.1. The molecule has 0 aromatic heterocycles. The van der Waals surface area contributed by atoms with E-state index in [1.807, 2.05) is 28.1 Å². The molecule has 1 amide bonds. The summed E-state index contributed by atoms with van der Waals surface area (Å²) >= 11 is 8.03. The smallest absolute Gasteiger partial charge is 0.277 e. The molecule has 0 saturated carbocycles. The summed E-state index contributed by atoms with van der Waals surface area (Å²) in [5, 5.41) is 20.5. The lowest BCUT2D eigenvalue weighted by atomic mass is 10.1. The van der Waals surface area contributed by atoms with Crippen molar-refractivity contribution in [3.63, 3.8) is 0 Å². The van der Waals surface area contributed by atoms with Crippen LogP contribution < -0.4 is 10.8 Å². The molecule has 11 heteroatoms. The summed E-state index contributed by atoms with van der Waals surface area (Å²) in [4.78, 5) is 16.8.